The molecule has 0 radical (unpaired) electrons. The minimum absolute atomic E-state index is 0.0167. The van der Waals surface area contributed by atoms with Gasteiger partial charge in [0.1, 0.15) is 17.6 Å². The van der Waals surface area contributed by atoms with Gasteiger partial charge in [0.2, 0.25) is 0 Å². The number of aliphatic hydroxyl groups is 1. The van der Waals surface area contributed by atoms with Crippen LogP contribution in [0.1, 0.15) is 29.6 Å². The van der Waals surface area contributed by atoms with E-state index in [0.29, 0.717) is 25.8 Å². The van der Waals surface area contributed by atoms with Crippen molar-refractivity contribution in [1.82, 2.24) is 25.3 Å². The fourth-order valence-electron chi connectivity index (χ4n) is 3.73. The second-order valence-corrected chi connectivity index (χ2v) is 7.51. The van der Waals surface area contributed by atoms with E-state index in [1.807, 2.05) is 18.3 Å². The number of hydrogen-bond acceptors (Lipinski definition) is 6. The Labute approximate surface area is 179 Å². The lowest BCUT2D eigenvalue weighted by molar-refractivity contribution is -0.0912. The first-order valence-corrected chi connectivity index (χ1v) is 10.3. The van der Waals surface area contributed by atoms with Gasteiger partial charge in [0.15, 0.2) is 0 Å². The summed E-state index contributed by atoms with van der Waals surface area (Å²) in [5.74, 6) is -1.08. The van der Waals surface area contributed by atoms with Crippen molar-refractivity contribution in [3.63, 3.8) is 0 Å². The molecule has 1 saturated heterocycles. The Morgan fingerprint density at radius 1 is 1.26 bits per heavy atom. The number of halogens is 1. The zero-order chi connectivity index (χ0) is 21.6. The van der Waals surface area contributed by atoms with E-state index < -0.39 is 17.8 Å². The van der Waals surface area contributed by atoms with Crippen LogP contribution in [0.25, 0.3) is 11.3 Å². The van der Waals surface area contributed by atoms with Crippen molar-refractivity contribution in [2.45, 2.75) is 44.1 Å². The smallest absolute Gasteiger partial charge is 0.254 e. The minimum atomic E-state index is -0.575. The van der Waals surface area contributed by atoms with E-state index in [1.165, 1.54) is 18.2 Å². The molecule has 9 heteroatoms. The van der Waals surface area contributed by atoms with E-state index in [0.717, 1.165) is 11.3 Å². The molecular formula is C22H24FN5O3. The number of carbonyl (C=O) groups excluding carboxylic acids is 1. The van der Waals surface area contributed by atoms with Crippen LogP contribution in [0.3, 0.4) is 0 Å². The average Bonchev–Trinajstić information content (AvgIpc) is 3.28. The maximum Gasteiger partial charge on any atom is 0.254 e. The van der Waals surface area contributed by atoms with Gasteiger partial charge in [0, 0.05) is 24.5 Å². The molecular weight excluding hydrogens is 401 g/mol. The number of nitrogens with one attached hydrogen (secondary N) is 1. The first-order valence-electron chi connectivity index (χ1n) is 10.3. The molecule has 1 aliphatic heterocycles. The zero-order valence-electron chi connectivity index (χ0n) is 16.9. The summed E-state index contributed by atoms with van der Waals surface area (Å²) in [4.78, 5) is 16.5. The zero-order valence-corrected chi connectivity index (χ0v) is 16.9. The van der Waals surface area contributed by atoms with Gasteiger partial charge in [-0.1, -0.05) is 17.3 Å². The number of amides is 1. The summed E-state index contributed by atoms with van der Waals surface area (Å²) in [6.45, 7) is 0.384. The molecule has 1 aliphatic rings. The summed E-state index contributed by atoms with van der Waals surface area (Å²) >= 11 is 0. The number of rotatable bonds is 7. The molecule has 2 N–H and O–H groups in total. The number of hydrogen-bond donors (Lipinski definition) is 2. The van der Waals surface area contributed by atoms with Gasteiger partial charge >= 0.3 is 0 Å². The van der Waals surface area contributed by atoms with Crippen LogP contribution in [0.4, 0.5) is 4.39 Å². The molecule has 0 spiro atoms. The Morgan fingerprint density at radius 2 is 2.13 bits per heavy atom. The van der Waals surface area contributed by atoms with Crippen LogP contribution in [0.15, 0.2) is 55.0 Å². The van der Waals surface area contributed by atoms with Gasteiger partial charge in [0.25, 0.3) is 5.91 Å². The van der Waals surface area contributed by atoms with Crippen LogP contribution >= 0.6 is 0 Å². The number of aromatic nitrogens is 4. The van der Waals surface area contributed by atoms with Crippen LogP contribution < -0.4 is 5.32 Å². The van der Waals surface area contributed by atoms with Gasteiger partial charge in [-0.2, -0.15) is 0 Å². The molecule has 0 bridgehead atoms. The third kappa shape index (κ3) is 5.12. The number of benzene rings is 1. The van der Waals surface area contributed by atoms with Gasteiger partial charge in [-0.3, -0.25) is 14.5 Å². The molecule has 1 aromatic carbocycles. The summed E-state index contributed by atoms with van der Waals surface area (Å²) in [5, 5.41) is 20.9. The minimum Gasteiger partial charge on any atom is -0.394 e. The molecule has 0 aliphatic carbocycles. The van der Waals surface area contributed by atoms with Crippen LogP contribution in [-0.4, -0.2) is 55.8 Å². The van der Waals surface area contributed by atoms with Gasteiger partial charge in [0.05, 0.1) is 30.5 Å². The lowest BCUT2D eigenvalue weighted by Crippen LogP contribution is -2.51. The SMILES string of the molecule is O=C(N[C@H]1CC[C@@H](CCn2cc(-c3cccnc3)nn2)O[C@H]1CO)c1ccccc1F. The Balaban J connectivity index is 1.30. The third-order valence-corrected chi connectivity index (χ3v) is 5.41. The normalized spacial score (nSPS) is 21.0. The average molecular weight is 425 g/mol. The summed E-state index contributed by atoms with van der Waals surface area (Å²) in [6.07, 6.45) is 6.72. The molecule has 3 heterocycles. The van der Waals surface area contributed by atoms with Crippen molar-refractivity contribution in [3.05, 3.63) is 66.4 Å². The van der Waals surface area contributed by atoms with Crippen molar-refractivity contribution in [2.75, 3.05) is 6.61 Å². The van der Waals surface area contributed by atoms with E-state index >= 15 is 0 Å². The number of aliphatic hydroxyl groups excluding tert-OH is 1. The first-order chi connectivity index (χ1) is 15.1. The predicted molar refractivity (Wildman–Crippen MR) is 111 cm³/mol. The van der Waals surface area contributed by atoms with E-state index in [-0.39, 0.29) is 24.3 Å². The van der Waals surface area contributed by atoms with Gasteiger partial charge in [-0.15, -0.1) is 5.10 Å². The molecule has 162 valence electrons. The summed E-state index contributed by atoms with van der Waals surface area (Å²) in [6, 6.07) is 9.22. The second-order valence-electron chi connectivity index (χ2n) is 7.51. The third-order valence-electron chi connectivity index (χ3n) is 5.41. The van der Waals surface area contributed by atoms with Crippen molar-refractivity contribution < 1.29 is 19.0 Å². The molecule has 3 atom stereocenters. The largest absolute Gasteiger partial charge is 0.394 e. The highest BCUT2D eigenvalue weighted by molar-refractivity contribution is 5.94. The molecule has 0 saturated carbocycles. The first kappa shape index (κ1) is 21.1. The maximum absolute atomic E-state index is 13.8. The topological polar surface area (TPSA) is 102 Å². The van der Waals surface area contributed by atoms with Crippen molar-refractivity contribution >= 4 is 5.91 Å². The molecule has 2 aromatic heterocycles. The lowest BCUT2D eigenvalue weighted by Gasteiger charge is -2.36. The summed E-state index contributed by atoms with van der Waals surface area (Å²) < 4.78 is 21.6. The molecule has 3 aromatic rings. The maximum atomic E-state index is 13.8. The Kier molecular flexibility index (Phi) is 6.63. The van der Waals surface area contributed by atoms with Gasteiger partial charge in [-0.05, 0) is 43.5 Å². The van der Waals surface area contributed by atoms with E-state index in [1.54, 1.807) is 23.1 Å². The van der Waals surface area contributed by atoms with Crippen LogP contribution in [-0.2, 0) is 11.3 Å². The highest BCUT2D eigenvalue weighted by atomic mass is 19.1. The monoisotopic (exact) mass is 425 g/mol. The number of carbonyl (C=O) groups is 1. The predicted octanol–water partition coefficient (Wildman–Crippen LogP) is 2.21. The van der Waals surface area contributed by atoms with Crippen molar-refractivity contribution in [2.24, 2.45) is 0 Å². The molecule has 8 nitrogen and oxygen atoms in total. The molecule has 1 fully saturated rings. The Hall–Kier alpha value is -3.17. The molecule has 31 heavy (non-hydrogen) atoms. The molecule has 1 amide bonds. The highest BCUT2D eigenvalue weighted by Gasteiger charge is 2.32. The van der Waals surface area contributed by atoms with Crippen molar-refractivity contribution in [1.29, 1.82) is 0 Å². The molecule has 4 rings (SSSR count). The standard InChI is InChI=1S/C22H24FN5O3/c23-18-6-2-1-5-17(18)22(30)25-19-8-7-16(31-21(19)14-29)9-11-28-13-20(26-27-28)15-4-3-10-24-12-15/h1-6,10,12-13,16,19,21,29H,7-9,11,14H2,(H,25,30)/t16-,19-,21-/m0/s1. The molecule has 0 unspecified atom stereocenters. The Bertz CT molecular complexity index is 1010. The van der Waals surface area contributed by atoms with Gasteiger partial charge < -0.3 is 15.2 Å². The fourth-order valence-corrected chi connectivity index (χ4v) is 3.73. The van der Waals surface area contributed by atoms with Gasteiger partial charge in [-0.25, -0.2) is 4.39 Å². The van der Waals surface area contributed by atoms with E-state index in [2.05, 4.69) is 20.6 Å². The summed E-state index contributed by atoms with van der Waals surface area (Å²) in [5.41, 5.74) is 1.63. The number of pyridine rings is 1. The number of aryl methyl sites for hydroxylation is 1. The fraction of sp³-hybridized carbons (Fsp3) is 0.364. The quantitative estimate of drug-likeness (QED) is 0.602. The van der Waals surface area contributed by atoms with Crippen LogP contribution in [0.2, 0.25) is 0 Å². The second kappa shape index (κ2) is 9.76. The van der Waals surface area contributed by atoms with E-state index in [4.69, 9.17) is 4.74 Å². The Morgan fingerprint density at radius 3 is 2.90 bits per heavy atom. The van der Waals surface area contributed by atoms with E-state index in [9.17, 15) is 14.3 Å². The van der Waals surface area contributed by atoms with Crippen LogP contribution in [0.5, 0.6) is 0 Å². The highest BCUT2D eigenvalue weighted by Crippen LogP contribution is 2.23. The lowest BCUT2D eigenvalue weighted by atomic mass is 9.96. The van der Waals surface area contributed by atoms with Crippen molar-refractivity contribution in [3.8, 4) is 11.3 Å². The summed E-state index contributed by atoms with van der Waals surface area (Å²) in [7, 11) is 0. The number of nitrogens with zero attached hydrogens (tertiary/aromatic N) is 4. The van der Waals surface area contributed by atoms with Crippen LogP contribution in [0, 0.1) is 5.82 Å². The number of ether oxygens (including phenoxy) is 1.